The van der Waals surface area contributed by atoms with Crippen LogP contribution in [0.1, 0.15) is 61.3 Å². The predicted octanol–water partition coefficient (Wildman–Crippen LogP) is 3.48. The molecular weight excluding hydrogens is 332 g/mol. The number of ether oxygens (including phenoxy) is 2. The highest BCUT2D eigenvalue weighted by atomic mass is 16.5. The van der Waals surface area contributed by atoms with E-state index in [9.17, 15) is 4.79 Å². The molecule has 2 aliphatic carbocycles. The van der Waals surface area contributed by atoms with E-state index in [2.05, 4.69) is 0 Å². The van der Waals surface area contributed by atoms with Gasteiger partial charge >= 0.3 is 5.97 Å². The molecule has 0 spiro atoms. The summed E-state index contributed by atoms with van der Waals surface area (Å²) in [6, 6.07) is 4.08. The van der Waals surface area contributed by atoms with Gasteiger partial charge in [-0.15, -0.1) is 0 Å². The molecule has 2 aromatic rings. The number of nitrogens with zero attached hydrogens (tertiary/aromatic N) is 2. The normalized spacial score (nSPS) is 23.2. The van der Waals surface area contributed by atoms with Crippen molar-refractivity contribution in [2.75, 3.05) is 13.7 Å². The molecule has 0 unspecified atom stereocenters. The molecule has 1 aromatic heterocycles. The van der Waals surface area contributed by atoms with Gasteiger partial charge < -0.3 is 14.6 Å². The number of hydrogen-bond donors (Lipinski definition) is 1. The molecule has 1 heterocycles. The van der Waals surface area contributed by atoms with Gasteiger partial charge in [0.1, 0.15) is 11.3 Å². The fourth-order valence-corrected chi connectivity index (χ4v) is 3.87. The molecule has 140 valence electrons. The molecule has 2 saturated carbocycles. The van der Waals surface area contributed by atoms with Crippen LogP contribution in [0.25, 0.3) is 10.9 Å². The largest absolute Gasteiger partial charge is 0.489 e. The highest BCUT2D eigenvalue weighted by Crippen LogP contribution is 2.36. The minimum Gasteiger partial charge on any atom is -0.489 e. The van der Waals surface area contributed by atoms with Crippen molar-refractivity contribution in [3.05, 3.63) is 23.9 Å². The Morgan fingerprint density at radius 2 is 2.00 bits per heavy atom. The lowest BCUT2D eigenvalue weighted by Crippen LogP contribution is -2.19. The Labute approximate surface area is 153 Å². The van der Waals surface area contributed by atoms with Crippen molar-refractivity contribution in [2.24, 2.45) is 5.92 Å². The predicted molar refractivity (Wildman–Crippen MR) is 97.4 cm³/mol. The molecular formula is C20H26N2O4. The molecule has 0 atom stereocenters. The molecule has 0 aliphatic heterocycles. The van der Waals surface area contributed by atoms with E-state index in [0.29, 0.717) is 23.3 Å². The van der Waals surface area contributed by atoms with Gasteiger partial charge in [-0.2, -0.15) is 5.10 Å². The van der Waals surface area contributed by atoms with Gasteiger partial charge in [0.2, 0.25) is 0 Å². The van der Waals surface area contributed by atoms with Gasteiger partial charge in [-0.1, -0.05) is 0 Å². The lowest BCUT2D eigenvalue weighted by Gasteiger charge is -2.28. The molecule has 6 nitrogen and oxygen atoms in total. The number of carbonyl (C=O) groups excluding carboxylic acids is 1. The third-order valence-corrected chi connectivity index (χ3v) is 5.57. The number of carbonyl (C=O) groups is 1. The fourth-order valence-electron chi connectivity index (χ4n) is 3.87. The number of fused-ring (bicyclic) bond motifs is 1. The fraction of sp³-hybridized carbons (Fsp3) is 0.600. The Morgan fingerprint density at radius 3 is 2.65 bits per heavy atom. The van der Waals surface area contributed by atoms with Gasteiger partial charge in [0.05, 0.1) is 24.8 Å². The first kappa shape index (κ1) is 17.3. The second-order valence-electron chi connectivity index (χ2n) is 7.51. The molecule has 0 saturated heterocycles. The molecule has 1 aromatic carbocycles. The molecule has 1 N–H and O–H groups in total. The Morgan fingerprint density at radius 1 is 1.23 bits per heavy atom. The zero-order valence-electron chi connectivity index (χ0n) is 15.2. The van der Waals surface area contributed by atoms with Gasteiger partial charge in [0.15, 0.2) is 0 Å². The van der Waals surface area contributed by atoms with Gasteiger partial charge in [-0.3, -0.25) is 4.68 Å². The van der Waals surface area contributed by atoms with Gasteiger partial charge in [-0.25, -0.2) is 4.79 Å². The summed E-state index contributed by atoms with van der Waals surface area (Å²) < 4.78 is 12.9. The monoisotopic (exact) mass is 358 g/mol. The zero-order valence-corrected chi connectivity index (χ0v) is 15.2. The van der Waals surface area contributed by atoms with E-state index in [1.54, 1.807) is 0 Å². The Bertz CT molecular complexity index is 788. The van der Waals surface area contributed by atoms with Crippen molar-refractivity contribution in [3.8, 4) is 5.75 Å². The average molecular weight is 358 g/mol. The number of rotatable bonds is 6. The first-order chi connectivity index (χ1) is 12.7. The van der Waals surface area contributed by atoms with E-state index in [0.717, 1.165) is 55.8 Å². The van der Waals surface area contributed by atoms with Crippen LogP contribution < -0.4 is 4.74 Å². The third-order valence-electron chi connectivity index (χ3n) is 5.57. The van der Waals surface area contributed by atoms with Crippen molar-refractivity contribution in [1.29, 1.82) is 0 Å². The average Bonchev–Trinajstić information content (AvgIpc) is 3.37. The van der Waals surface area contributed by atoms with Crippen molar-refractivity contribution in [1.82, 2.24) is 9.78 Å². The number of aliphatic hydroxyl groups excluding tert-OH is 1. The second kappa shape index (κ2) is 7.27. The first-order valence-corrected chi connectivity index (χ1v) is 9.56. The molecule has 0 radical (unpaired) electrons. The van der Waals surface area contributed by atoms with Crippen LogP contribution in [0, 0.1) is 5.92 Å². The van der Waals surface area contributed by atoms with Gasteiger partial charge in [0.25, 0.3) is 0 Å². The van der Waals surface area contributed by atoms with E-state index in [1.807, 2.05) is 23.0 Å². The smallest absolute Gasteiger partial charge is 0.341 e. The molecule has 26 heavy (non-hydrogen) atoms. The highest BCUT2D eigenvalue weighted by Gasteiger charge is 2.27. The minimum absolute atomic E-state index is 0.208. The lowest BCUT2D eigenvalue weighted by atomic mass is 9.84. The standard InChI is InChI=1S/C20H26N2O4/c1-25-20(24)17-10-14-12-22(15-4-2-13(3-5-15)8-9-23)21-18(14)11-19(17)26-16-6-7-16/h10-13,15-16,23H,2-9H2,1H3. The molecule has 4 rings (SSSR count). The summed E-state index contributed by atoms with van der Waals surface area (Å²) >= 11 is 0. The second-order valence-corrected chi connectivity index (χ2v) is 7.51. The van der Waals surface area contributed by atoms with E-state index in [4.69, 9.17) is 19.7 Å². The van der Waals surface area contributed by atoms with Crippen LogP contribution in [0.15, 0.2) is 18.3 Å². The lowest BCUT2D eigenvalue weighted by molar-refractivity contribution is 0.0596. The molecule has 2 aliphatic rings. The maximum absolute atomic E-state index is 12.1. The van der Waals surface area contributed by atoms with Gasteiger partial charge in [-0.05, 0) is 56.9 Å². The topological polar surface area (TPSA) is 73.6 Å². The number of benzene rings is 1. The maximum atomic E-state index is 12.1. The first-order valence-electron chi connectivity index (χ1n) is 9.56. The minimum atomic E-state index is -0.375. The van der Waals surface area contributed by atoms with E-state index in [-0.39, 0.29) is 18.7 Å². The van der Waals surface area contributed by atoms with Crippen molar-refractivity contribution < 1.29 is 19.4 Å². The zero-order chi connectivity index (χ0) is 18.1. The maximum Gasteiger partial charge on any atom is 0.341 e. The quantitative estimate of drug-likeness (QED) is 0.800. The Kier molecular flexibility index (Phi) is 4.85. The van der Waals surface area contributed by atoms with Crippen LogP contribution in [-0.2, 0) is 4.74 Å². The molecule has 6 heteroatoms. The van der Waals surface area contributed by atoms with Crippen molar-refractivity contribution >= 4 is 16.9 Å². The van der Waals surface area contributed by atoms with Crippen LogP contribution in [0.4, 0.5) is 0 Å². The number of aliphatic hydroxyl groups is 1. The van der Waals surface area contributed by atoms with Crippen LogP contribution in [0.3, 0.4) is 0 Å². The third kappa shape index (κ3) is 3.56. The van der Waals surface area contributed by atoms with Gasteiger partial charge in [0, 0.05) is 24.3 Å². The summed E-state index contributed by atoms with van der Waals surface area (Å²) in [7, 11) is 1.39. The summed E-state index contributed by atoms with van der Waals surface area (Å²) in [6.45, 7) is 0.279. The van der Waals surface area contributed by atoms with Crippen LogP contribution in [-0.4, -0.2) is 40.7 Å². The molecule has 0 bridgehead atoms. The number of aromatic nitrogens is 2. The van der Waals surface area contributed by atoms with E-state index < -0.39 is 0 Å². The Hall–Kier alpha value is -2.08. The van der Waals surface area contributed by atoms with Crippen LogP contribution >= 0.6 is 0 Å². The Balaban J connectivity index is 1.59. The summed E-state index contributed by atoms with van der Waals surface area (Å²) in [6.07, 6.45) is 9.61. The SMILES string of the molecule is COC(=O)c1cc2cn(C3CCC(CCO)CC3)nc2cc1OC1CC1. The highest BCUT2D eigenvalue weighted by molar-refractivity contribution is 5.97. The van der Waals surface area contributed by atoms with E-state index >= 15 is 0 Å². The number of esters is 1. The summed E-state index contributed by atoms with van der Waals surface area (Å²) in [4.78, 5) is 12.1. The van der Waals surface area contributed by atoms with Crippen molar-refractivity contribution in [3.63, 3.8) is 0 Å². The molecule has 2 fully saturated rings. The van der Waals surface area contributed by atoms with Crippen LogP contribution in [0.5, 0.6) is 5.75 Å². The summed E-state index contributed by atoms with van der Waals surface area (Å²) in [5.74, 6) is 0.828. The molecule has 0 amide bonds. The number of hydrogen-bond acceptors (Lipinski definition) is 5. The summed E-state index contributed by atoms with van der Waals surface area (Å²) in [5.41, 5.74) is 1.32. The van der Waals surface area contributed by atoms with Crippen LogP contribution in [0.2, 0.25) is 0 Å². The summed E-state index contributed by atoms with van der Waals surface area (Å²) in [5, 5.41) is 14.8. The number of methoxy groups -OCH3 is 1. The van der Waals surface area contributed by atoms with E-state index in [1.165, 1.54) is 7.11 Å². The van der Waals surface area contributed by atoms with Crippen molar-refractivity contribution in [2.45, 2.75) is 57.1 Å².